The van der Waals surface area contributed by atoms with Crippen molar-refractivity contribution in [2.24, 2.45) is 0 Å². The molecule has 22 heavy (non-hydrogen) atoms. The summed E-state index contributed by atoms with van der Waals surface area (Å²) in [7, 11) is 0. The second kappa shape index (κ2) is 4.58. The Morgan fingerprint density at radius 2 is 1.32 bits per heavy atom. The van der Waals surface area contributed by atoms with Gasteiger partial charge in [0.15, 0.2) is 0 Å². The van der Waals surface area contributed by atoms with Crippen molar-refractivity contribution in [3.8, 4) is 0 Å². The lowest BCUT2D eigenvalue weighted by molar-refractivity contribution is 0.591. The van der Waals surface area contributed by atoms with Crippen LogP contribution in [0.4, 0.5) is 0 Å². The standard InChI is InChI=1S/C22H20/c1-22(2,3)17-9-6-8-15-11-12-19-18-10-5-4-7-16(18)13-21(19)20(15)14-17/h4-14H,1-3H3. The molecule has 0 unspecified atom stereocenters. The van der Waals surface area contributed by atoms with Gasteiger partial charge in [0.1, 0.15) is 0 Å². The highest BCUT2D eigenvalue weighted by molar-refractivity contribution is 6.20. The smallest absolute Gasteiger partial charge is 0.00929 e. The van der Waals surface area contributed by atoms with Gasteiger partial charge < -0.3 is 0 Å². The molecule has 0 aliphatic rings. The van der Waals surface area contributed by atoms with Crippen LogP contribution in [0.3, 0.4) is 0 Å². The van der Waals surface area contributed by atoms with Crippen molar-refractivity contribution in [2.75, 3.05) is 0 Å². The van der Waals surface area contributed by atoms with Gasteiger partial charge in [-0.15, -0.1) is 0 Å². The van der Waals surface area contributed by atoms with Crippen LogP contribution in [-0.2, 0) is 5.41 Å². The van der Waals surface area contributed by atoms with E-state index in [9.17, 15) is 0 Å². The Hall–Kier alpha value is -2.34. The van der Waals surface area contributed by atoms with Crippen molar-refractivity contribution in [1.82, 2.24) is 0 Å². The Labute approximate surface area is 131 Å². The molecule has 0 fully saturated rings. The second-order valence-electron chi connectivity index (χ2n) is 7.14. The molecule has 0 nitrogen and oxygen atoms in total. The van der Waals surface area contributed by atoms with Crippen molar-refractivity contribution >= 4 is 32.3 Å². The maximum Gasteiger partial charge on any atom is -0.00929 e. The van der Waals surface area contributed by atoms with E-state index in [1.807, 2.05) is 0 Å². The minimum absolute atomic E-state index is 0.153. The summed E-state index contributed by atoms with van der Waals surface area (Å²) in [4.78, 5) is 0. The molecule has 0 saturated heterocycles. The molecule has 0 bridgehead atoms. The first-order chi connectivity index (χ1) is 10.5. The molecule has 0 amide bonds. The Morgan fingerprint density at radius 3 is 2.14 bits per heavy atom. The molecule has 4 rings (SSSR count). The first-order valence-electron chi connectivity index (χ1n) is 7.89. The summed E-state index contributed by atoms with van der Waals surface area (Å²) < 4.78 is 0. The van der Waals surface area contributed by atoms with E-state index in [-0.39, 0.29) is 5.41 Å². The number of fused-ring (bicyclic) bond motifs is 5. The zero-order valence-electron chi connectivity index (χ0n) is 13.4. The van der Waals surface area contributed by atoms with Gasteiger partial charge in [0, 0.05) is 0 Å². The molecular weight excluding hydrogens is 264 g/mol. The first-order valence-corrected chi connectivity index (χ1v) is 7.89. The molecule has 0 aliphatic heterocycles. The fraction of sp³-hybridized carbons (Fsp3) is 0.182. The Kier molecular flexibility index (Phi) is 2.77. The van der Waals surface area contributed by atoms with E-state index >= 15 is 0 Å². The summed E-state index contributed by atoms with van der Waals surface area (Å²) in [5, 5.41) is 8.05. The van der Waals surface area contributed by atoms with E-state index in [0.717, 1.165) is 0 Å². The third-order valence-corrected chi connectivity index (χ3v) is 4.59. The molecule has 4 aromatic carbocycles. The molecule has 0 aliphatic carbocycles. The molecule has 0 radical (unpaired) electrons. The van der Waals surface area contributed by atoms with Crippen LogP contribution < -0.4 is 0 Å². The van der Waals surface area contributed by atoms with Gasteiger partial charge in [-0.2, -0.15) is 0 Å². The maximum atomic E-state index is 2.37. The van der Waals surface area contributed by atoms with E-state index in [4.69, 9.17) is 0 Å². The molecule has 108 valence electrons. The number of rotatable bonds is 0. The van der Waals surface area contributed by atoms with Gasteiger partial charge in [-0.25, -0.2) is 0 Å². The maximum absolute atomic E-state index is 2.37. The number of hydrogen-bond donors (Lipinski definition) is 0. The summed E-state index contributed by atoms with van der Waals surface area (Å²) in [6, 6.07) is 24.5. The summed E-state index contributed by atoms with van der Waals surface area (Å²) in [6.45, 7) is 6.82. The molecular formula is C22H20. The topological polar surface area (TPSA) is 0 Å². The molecule has 0 heteroatoms. The zero-order chi connectivity index (χ0) is 15.3. The predicted molar refractivity (Wildman–Crippen MR) is 97.7 cm³/mol. The minimum atomic E-state index is 0.153. The van der Waals surface area contributed by atoms with Gasteiger partial charge >= 0.3 is 0 Å². The van der Waals surface area contributed by atoms with E-state index in [0.29, 0.717) is 0 Å². The average Bonchev–Trinajstić information content (AvgIpc) is 2.70. The van der Waals surface area contributed by atoms with Crippen molar-refractivity contribution < 1.29 is 0 Å². The summed E-state index contributed by atoms with van der Waals surface area (Å²) in [5.74, 6) is 0. The normalized spacial score (nSPS) is 12.3. The molecule has 0 saturated carbocycles. The zero-order valence-corrected chi connectivity index (χ0v) is 13.4. The Balaban J connectivity index is 2.20. The van der Waals surface area contributed by atoms with Gasteiger partial charge in [-0.3, -0.25) is 0 Å². The van der Waals surface area contributed by atoms with Gasteiger partial charge in [-0.05, 0) is 49.4 Å². The Morgan fingerprint density at radius 1 is 0.545 bits per heavy atom. The van der Waals surface area contributed by atoms with Crippen LogP contribution in [0.25, 0.3) is 32.3 Å². The molecule has 0 N–H and O–H groups in total. The lowest BCUT2D eigenvalue weighted by atomic mass is 9.87. The van der Waals surface area contributed by atoms with Crippen molar-refractivity contribution in [3.05, 3.63) is 72.3 Å². The van der Waals surface area contributed by atoms with Crippen LogP contribution in [-0.4, -0.2) is 0 Å². The highest BCUT2D eigenvalue weighted by atomic mass is 14.2. The van der Waals surface area contributed by atoms with Crippen molar-refractivity contribution in [2.45, 2.75) is 26.2 Å². The van der Waals surface area contributed by atoms with Gasteiger partial charge in [0.25, 0.3) is 0 Å². The van der Waals surface area contributed by atoms with Gasteiger partial charge in [0.05, 0.1) is 0 Å². The molecule has 0 spiro atoms. The second-order valence-corrected chi connectivity index (χ2v) is 7.14. The number of hydrogen-bond acceptors (Lipinski definition) is 0. The predicted octanol–water partition coefficient (Wildman–Crippen LogP) is 6.44. The fourth-order valence-electron chi connectivity index (χ4n) is 3.30. The third-order valence-electron chi connectivity index (χ3n) is 4.59. The summed E-state index contributed by atoms with van der Waals surface area (Å²) >= 11 is 0. The highest BCUT2D eigenvalue weighted by Crippen LogP contribution is 2.35. The minimum Gasteiger partial charge on any atom is -0.0616 e. The largest absolute Gasteiger partial charge is 0.0616 e. The third kappa shape index (κ3) is 1.99. The van der Waals surface area contributed by atoms with Crippen LogP contribution in [0.15, 0.2) is 66.7 Å². The lowest BCUT2D eigenvalue weighted by Crippen LogP contribution is -2.09. The quantitative estimate of drug-likeness (QED) is 0.348. The van der Waals surface area contributed by atoms with Crippen molar-refractivity contribution in [3.63, 3.8) is 0 Å². The molecule has 4 aromatic rings. The monoisotopic (exact) mass is 284 g/mol. The van der Waals surface area contributed by atoms with Crippen molar-refractivity contribution in [1.29, 1.82) is 0 Å². The van der Waals surface area contributed by atoms with E-state index in [1.165, 1.54) is 37.9 Å². The van der Waals surface area contributed by atoms with Crippen LogP contribution in [0, 0.1) is 0 Å². The SMILES string of the molecule is CC(C)(C)c1cccc2ccc3c4ccccc4cc3c2c1. The summed E-state index contributed by atoms with van der Waals surface area (Å²) in [5.41, 5.74) is 1.53. The van der Waals surface area contributed by atoms with Crippen LogP contribution in [0.5, 0.6) is 0 Å². The lowest BCUT2D eigenvalue weighted by Gasteiger charge is -2.17. The molecule has 0 aromatic heterocycles. The first kappa shape index (κ1) is 13.3. The van der Waals surface area contributed by atoms with Crippen LogP contribution in [0.2, 0.25) is 0 Å². The van der Waals surface area contributed by atoms with Gasteiger partial charge in [-0.1, -0.05) is 81.4 Å². The van der Waals surface area contributed by atoms with E-state index < -0.39 is 0 Å². The van der Waals surface area contributed by atoms with Crippen LogP contribution >= 0.6 is 0 Å². The van der Waals surface area contributed by atoms with Gasteiger partial charge in [0.2, 0.25) is 0 Å². The average molecular weight is 284 g/mol. The molecule has 0 atom stereocenters. The van der Waals surface area contributed by atoms with Crippen LogP contribution in [0.1, 0.15) is 26.3 Å². The van der Waals surface area contributed by atoms with E-state index in [1.54, 1.807) is 0 Å². The highest BCUT2D eigenvalue weighted by Gasteiger charge is 2.14. The number of benzene rings is 2. The molecule has 0 heterocycles. The fourth-order valence-corrected chi connectivity index (χ4v) is 3.30. The summed E-state index contributed by atoms with van der Waals surface area (Å²) in [6.07, 6.45) is 0. The Bertz CT molecular complexity index is 1000. The van der Waals surface area contributed by atoms with E-state index in [2.05, 4.69) is 87.5 Å².